The second kappa shape index (κ2) is 5.06. The number of rotatable bonds is 3. The molecule has 2 aromatic rings. The number of nitrogens with two attached hydrogens (primary N) is 1. The minimum atomic E-state index is -0.108. The van der Waals surface area contributed by atoms with Crippen molar-refractivity contribution in [2.45, 2.75) is 0 Å². The van der Waals surface area contributed by atoms with Gasteiger partial charge in [0, 0.05) is 12.7 Å². The summed E-state index contributed by atoms with van der Waals surface area (Å²) in [5.74, 6) is 0.713. The molecule has 0 fully saturated rings. The van der Waals surface area contributed by atoms with Gasteiger partial charge in [0.15, 0.2) is 0 Å². The largest absolute Gasteiger partial charge is 0.497 e. The number of fused-ring (bicyclic) bond motifs is 1. The first kappa shape index (κ1) is 12.4. The molecule has 0 unspecified atom stereocenters. The van der Waals surface area contributed by atoms with Gasteiger partial charge in [-0.1, -0.05) is 12.1 Å². The molecule has 2 aromatic carbocycles. The van der Waals surface area contributed by atoms with Crippen molar-refractivity contribution in [2.75, 3.05) is 25.6 Å². The maximum atomic E-state index is 11.5. The predicted octanol–water partition coefficient (Wildman–Crippen LogP) is 1.77. The van der Waals surface area contributed by atoms with Crippen LogP contribution in [0.4, 0.5) is 5.69 Å². The number of hydrogen-bond donors (Lipinski definition) is 1. The average molecular weight is 244 g/mol. The van der Waals surface area contributed by atoms with Crippen LogP contribution in [-0.2, 0) is 4.79 Å². The molecule has 0 radical (unpaired) electrons. The summed E-state index contributed by atoms with van der Waals surface area (Å²) >= 11 is 0. The van der Waals surface area contributed by atoms with E-state index in [-0.39, 0.29) is 12.5 Å². The van der Waals surface area contributed by atoms with Crippen LogP contribution in [0.2, 0.25) is 0 Å². The van der Waals surface area contributed by atoms with Crippen LogP contribution in [0.25, 0.3) is 10.8 Å². The lowest BCUT2D eigenvalue weighted by molar-refractivity contribution is -0.117. The Balaban J connectivity index is 2.42. The Labute approximate surface area is 106 Å². The Morgan fingerprint density at radius 1 is 1.22 bits per heavy atom. The van der Waals surface area contributed by atoms with Gasteiger partial charge >= 0.3 is 0 Å². The molecule has 0 aliphatic heterocycles. The highest BCUT2D eigenvalue weighted by molar-refractivity contribution is 5.97. The van der Waals surface area contributed by atoms with Crippen LogP contribution in [0.1, 0.15) is 0 Å². The van der Waals surface area contributed by atoms with Crippen LogP contribution >= 0.6 is 0 Å². The minimum absolute atomic E-state index is 0.0111. The van der Waals surface area contributed by atoms with Gasteiger partial charge in [-0.3, -0.25) is 4.79 Å². The third-order valence-electron chi connectivity index (χ3n) is 2.97. The van der Waals surface area contributed by atoms with Crippen molar-refractivity contribution in [3.8, 4) is 5.75 Å². The zero-order valence-electron chi connectivity index (χ0n) is 10.5. The summed E-state index contributed by atoms with van der Waals surface area (Å²) < 4.78 is 5.17. The molecule has 0 saturated carbocycles. The van der Waals surface area contributed by atoms with Crippen molar-refractivity contribution < 1.29 is 9.53 Å². The van der Waals surface area contributed by atoms with Gasteiger partial charge in [0.2, 0.25) is 5.91 Å². The monoisotopic (exact) mass is 244 g/mol. The van der Waals surface area contributed by atoms with Crippen LogP contribution in [0.15, 0.2) is 36.4 Å². The molecule has 2 N–H and O–H groups in total. The molecule has 4 heteroatoms. The number of methoxy groups -OCH3 is 1. The highest BCUT2D eigenvalue weighted by atomic mass is 16.5. The summed E-state index contributed by atoms with van der Waals surface area (Å²) in [6, 6.07) is 11.7. The lowest BCUT2D eigenvalue weighted by Gasteiger charge is -2.17. The van der Waals surface area contributed by atoms with Gasteiger partial charge in [-0.25, -0.2) is 0 Å². The molecule has 0 bridgehead atoms. The van der Waals surface area contributed by atoms with Gasteiger partial charge < -0.3 is 15.4 Å². The second-order valence-electron chi connectivity index (χ2n) is 4.05. The van der Waals surface area contributed by atoms with Crippen LogP contribution in [0.3, 0.4) is 0 Å². The molecule has 1 amide bonds. The van der Waals surface area contributed by atoms with E-state index in [4.69, 9.17) is 10.5 Å². The van der Waals surface area contributed by atoms with Crippen molar-refractivity contribution in [3.63, 3.8) is 0 Å². The molecule has 0 heterocycles. The molecule has 18 heavy (non-hydrogen) atoms. The molecule has 2 rings (SSSR count). The van der Waals surface area contributed by atoms with Gasteiger partial charge in [0.05, 0.1) is 13.7 Å². The first-order valence-corrected chi connectivity index (χ1v) is 5.70. The number of hydrogen-bond acceptors (Lipinski definition) is 3. The van der Waals surface area contributed by atoms with Gasteiger partial charge in [-0.15, -0.1) is 0 Å². The average Bonchev–Trinajstić information content (AvgIpc) is 2.44. The maximum Gasteiger partial charge on any atom is 0.240 e. The molecule has 0 aliphatic rings. The quantitative estimate of drug-likeness (QED) is 0.895. The first-order chi connectivity index (χ1) is 8.65. The van der Waals surface area contributed by atoms with E-state index in [1.54, 1.807) is 19.1 Å². The van der Waals surface area contributed by atoms with Crippen molar-refractivity contribution in [1.82, 2.24) is 0 Å². The van der Waals surface area contributed by atoms with Gasteiger partial charge in [-0.05, 0) is 35.0 Å². The SMILES string of the molecule is COc1ccc2cc(N(C)C(=O)CN)ccc2c1. The number of likely N-dealkylation sites (N-methyl/N-ethyl adjacent to an activating group) is 1. The van der Waals surface area contributed by atoms with Crippen molar-refractivity contribution in [3.05, 3.63) is 36.4 Å². The zero-order valence-corrected chi connectivity index (χ0v) is 10.5. The number of ether oxygens (including phenoxy) is 1. The van der Waals surface area contributed by atoms with Crippen LogP contribution in [0, 0.1) is 0 Å². The van der Waals surface area contributed by atoms with Crippen LogP contribution in [-0.4, -0.2) is 26.6 Å². The minimum Gasteiger partial charge on any atom is -0.497 e. The highest BCUT2D eigenvalue weighted by Gasteiger charge is 2.09. The third-order valence-corrected chi connectivity index (χ3v) is 2.97. The highest BCUT2D eigenvalue weighted by Crippen LogP contribution is 2.25. The fourth-order valence-electron chi connectivity index (χ4n) is 1.83. The van der Waals surface area contributed by atoms with Gasteiger partial charge in [0.25, 0.3) is 0 Å². The second-order valence-corrected chi connectivity index (χ2v) is 4.05. The molecular weight excluding hydrogens is 228 g/mol. The normalized spacial score (nSPS) is 10.4. The van der Waals surface area contributed by atoms with Crippen molar-refractivity contribution in [2.24, 2.45) is 5.73 Å². The van der Waals surface area contributed by atoms with E-state index in [1.807, 2.05) is 36.4 Å². The number of carbonyl (C=O) groups is 1. The van der Waals surface area contributed by atoms with E-state index < -0.39 is 0 Å². The zero-order chi connectivity index (χ0) is 13.1. The number of amides is 1. The fraction of sp³-hybridized carbons (Fsp3) is 0.214. The number of benzene rings is 2. The number of anilines is 1. The molecule has 0 aromatic heterocycles. The van der Waals surface area contributed by atoms with E-state index in [1.165, 1.54) is 0 Å². The predicted molar refractivity (Wildman–Crippen MR) is 73.0 cm³/mol. The maximum absolute atomic E-state index is 11.5. The lowest BCUT2D eigenvalue weighted by Crippen LogP contribution is -2.32. The summed E-state index contributed by atoms with van der Waals surface area (Å²) in [5.41, 5.74) is 6.19. The van der Waals surface area contributed by atoms with E-state index in [2.05, 4.69) is 0 Å². The summed E-state index contributed by atoms with van der Waals surface area (Å²) in [7, 11) is 3.36. The molecule has 0 spiro atoms. The Kier molecular flexibility index (Phi) is 3.48. The van der Waals surface area contributed by atoms with Crippen molar-refractivity contribution >= 4 is 22.4 Å². The number of nitrogens with zero attached hydrogens (tertiary/aromatic N) is 1. The molecule has 0 saturated heterocycles. The third kappa shape index (κ3) is 2.28. The standard InChI is InChI=1S/C14H16N2O2/c1-16(14(17)9-15)12-5-3-11-8-13(18-2)6-4-10(11)7-12/h3-8H,9,15H2,1-2H3. The van der Waals surface area contributed by atoms with Gasteiger partial charge in [0.1, 0.15) is 5.75 Å². The summed E-state index contributed by atoms with van der Waals surface area (Å²) in [6.45, 7) is 0.0111. The fourth-order valence-corrected chi connectivity index (χ4v) is 1.83. The molecule has 0 atom stereocenters. The van der Waals surface area contributed by atoms with E-state index in [0.717, 1.165) is 22.2 Å². The molecule has 94 valence electrons. The van der Waals surface area contributed by atoms with E-state index in [0.29, 0.717) is 0 Å². The Morgan fingerprint density at radius 3 is 2.56 bits per heavy atom. The molecule has 0 aliphatic carbocycles. The summed E-state index contributed by atoms with van der Waals surface area (Å²) in [5, 5.41) is 2.14. The number of carbonyl (C=O) groups excluding carboxylic acids is 1. The van der Waals surface area contributed by atoms with Gasteiger partial charge in [-0.2, -0.15) is 0 Å². The van der Waals surface area contributed by atoms with Crippen LogP contribution in [0.5, 0.6) is 5.75 Å². The summed E-state index contributed by atoms with van der Waals surface area (Å²) in [4.78, 5) is 13.1. The van der Waals surface area contributed by atoms with Crippen LogP contribution < -0.4 is 15.4 Å². The molecule has 4 nitrogen and oxygen atoms in total. The van der Waals surface area contributed by atoms with Crippen molar-refractivity contribution in [1.29, 1.82) is 0 Å². The topological polar surface area (TPSA) is 55.6 Å². The Morgan fingerprint density at radius 2 is 1.89 bits per heavy atom. The summed E-state index contributed by atoms with van der Waals surface area (Å²) in [6.07, 6.45) is 0. The first-order valence-electron chi connectivity index (χ1n) is 5.70. The molecular formula is C14H16N2O2. The Hall–Kier alpha value is -2.07. The van der Waals surface area contributed by atoms with E-state index >= 15 is 0 Å². The van der Waals surface area contributed by atoms with E-state index in [9.17, 15) is 4.79 Å². The Bertz CT molecular complexity index is 581. The lowest BCUT2D eigenvalue weighted by atomic mass is 10.1. The smallest absolute Gasteiger partial charge is 0.240 e.